The van der Waals surface area contributed by atoms with Gasteiger partial charge >= 0.3 is 6.09 Å². The van der Waals surface area contributed by atoms with Crippen LogP contribution in [0.1, 0.15) is 46.5 Å². The van der Waals surface area contributed by atoms with Crippen LogP contribution in [0.3, 0.4) is 0 Å². The van der Waals surface area contributed by atoms with E-state index in [9.17, 15) is 9.90 Å². The van der Waals surface area contributed by atoms with Crippen LogP contribution in [0.15, 0.2) is 0 Å². The minimum absolute atomic E-state index is 0.0215. The molecule has 0 aromatic heterocycles. The number of carbonyl (C=O) groups is 1. The summed E-state index contributed by atoms with van der Waals surface area (Å²) >= 11 is 4.83. The first-order valence-corrected chi connectivity index (χ1v) is 7.15. The predicted molar refractivity (Wildman–Crippen MR) is 80.2 cm³/mol. The standard InChI is InChI=1S/C13H25N3O2S/c1-13(2,3)8-16(12(17)18)10-6-4-9(5-7-10)15-11(14)19/h9-10H,4-8H2,1-3H3,(H,17,18)(H3,14,15,19)/t9-,10-. The smallest absolute Gasteiger partial charge is 0.407 e. The molecule has 1 fully saturated rings. The third-order valence-electron chi connectivity index (χ3n) is 3.37. The zero-order valence-corrected chi connectivity index (χ0v) is 12.8. The van der Waals surface area contributed by atoms with Gasteiger partial charge in [-0.25, -0.2) is 4.79 Å². The minimum atomic E-state index is -0.819. The summed E-state index contributed by atoms with van der Waals surface area (Å²) in [7, 11) is 0. The maximum atomic E-state index is 11.4. The van der Waals surface area contributed by atoms with Gasteiger partial charge in [0.15, 0.2) is 5.11 Å². The maximum Gasteiger partial charge on any atom is 0.407 e. The maximum absolute atomic E-state index is 11.4. The molecule has 0 unspecified atom stereocenters. The van der Waals surface area contributed by atoms with Gasteiger partial charge in [-0.3, -0.25) is 0 Å². The molecule has 1 aliphatic carbocycles. The molecule has 1 aliphatic rings. The number of amides is 1. The van der Waals surface area contributed by atoms with Crippen molar-refractivity contribution in [3.63, 3.8) is 0 Å². The SMILES string of the molecule is CC(C)(C)CN(C(=O)O)[C@H]1CC[C@H](NC(N)=S)CC1. The van der Waals surface area contributed by atoms with Crippen LogP contribution in [0.25, 0.3) is 0 Å². The van der Waals surface area contributed by atoms with Crippen molar-refractivity contribution < 1.29 is 9.90 Å². The van der Waals surface area contributed by atoms with Crippen molar-refractivity contribution in [3.8, 4) is 0 Å². The molecule has 4 N–H and O–H groups in total. The third kappa shape index (κ3) is 5.63. The average Bonchev–Trinajstić information content (AvgIpc) is 2.25. The summed E-state index contributed by atoms with van der Waals surface area (Å²) in [6.45, 7) is 6.75. The largest absolute Gasteiger partial charge is 0.465 e. The lowest BCUT2D eigenvalue weighted by Crippen LogP contribution is -2.48. The molecule has 1 saturated carbocycles. The van der Waals surface area contributed by atoms with E-state index < -0.39 is 6.09 Å². The van der Waals surface area contributed by atoms with Gasteiger partial charge in [-0.2, -0.15) is 0 Å². The summed E-state index contributed by atoms with van der Waals surface area (Å²) in [5, 5.41) is 12.8. The quantitative estimate of drug-likeness (QED) is 0.693. The molecule has 0 radical (unpaired) electrons. The second-order valence-electron chi connectivity index (χ2n) is 6.49. The van der Waals surface area contributed by atoms with E-state index in [1.807, 2.05) is 0 Å². The molecule has 0 aliphatic heterocycles. The number of nitrogens with two attached hydrogens (primary N) is 1. The van der Waals surface area contributed by atoms with Gasteiger partial charge in [0.05, 0.1) is 0 Å². The number of carboxylic acid groups (broad SMARTS) is 1. The Hall–Kier alpha value is -1.04. The van der Waals surface area contributed by atoms with E-state index in [1.54, 1.807) is 4.90 Å². The lowest BCUT2D eigenvalue weighted by atomic mass is 9.88. The summed E-state index contributed by atoms with van der Waals surface area (Å²) in [5.41, 5.74) is 5.44. The molecule has 1 amide bonds. The Kier molecular flexibility index (Phi) is 5.40. The summed E-state index contributed by atoms with van der Waals surface area (Å²) < 4.78 is 0. The molecule has 0 aromatic carbocycles. The van der Waals surface area contributed by atoms with Crippen LogP contribution in [0.2, 0.25) is 0 Å². The fraction of sp³-hybridized carbons (Fsp3) is 0.846. The number of thiocarbonyl (C=S) groups is 1. The molecule has 0 spiro atoms. The van der Waals surface area contributed by atoms with Crippen LogP contribution in [0.4, 0.5) is 4.79 Å². The van der Waals surface area contributed by atoms with Crippen LogP contribution in [-0.2, 0) is 0 Å². The minimum Gasteiger partial charge on any atom is -0.465 e. The van der Waals surface area contributed by atoms with Crippen molar-refractivity contribution >= 4 is 23.4 Å². The Morgan fingerprint density at radius 3 is 2.26 bits per heavy atom. The van der Waals surface area contributed by atoms with Gasteiger partial charge in [0.2, 0.25) is 0 Å². The van der Waals surface area contributed by atoms with Crippen LogP contribution < -0.4 is 11.1 Å². The molecule has 0 atom stereocenters. The number of rotatable bonds is 3. The molecular weight excluding hydrogens is 262 g/mol. The second kappa shape index (κ2) is 6.41. The highest BCUT2D eigenvalue weighted by molar-refractivity contribution is 7.80. The number of hydrogen-bond donors (Lipinski definition) is 3. The van der Waals surface area contributed by atoms with Crippen molar-refractivity contribution in [2.75, 3.05) is 6.54 Å². The van der Waals surface area contributed by atoms with E-state index in [1.165, 1.54) is 0 Å². The van der Waals surface area contributed by atoms with Crippen molar-refractivity contribution in [1.82, 2.24) is 10.2 Å². The van der Waals surface area contributed by atoms with Crippen molar-refractivity contribution in [2.45, 2.75) is 58.5 Å². The Labute approximate surface area is 120 Å². The van der Waals surface area contributed by atoms with E-state index in [-0.39, 0.29) is 11.5 Å². The molecule has 19 heavy (non-hydrogen) atoms. The first-order valence-electron chi connectivity index (χ1n) is 6.74. The first kappa shape index (κ1) is 16.0. The van der Waals surface area contributed by atoms with Gasteiger partial charge in [0, 0.05) is 18.6 Å². The highest BCUT2D eigenvalue weighted by Crippen LogP contribution is 2.26. The van der Waals surface area contributed by atoms with E-state index >= 15 is 0 Å². The molecule has 0 aromatic rings. The van der Waals surface area contributed by atoms with Crippen LogP contribution >= 0.6 is 12.2 Å². The highest BCUT2D eigenvalue weighted by atomic mass is 32.1. The van der Waals surface area contributed by atoms with E-state index in [0.29, 0.717) is 17.7 Å². The van der Waals surface area contributed by atoms with E-state index in [4.69, 9.17) is 18.0 Å². The van der Waals surface area contributed by atoms with Crippen molar-refractivity contribution in [2.24, 2.45) is 11.1 Å². The lowest BCUT2D eigenvalue weighted by molar-refractivity contribution is 0.0859. The second-order valence-corrected chi connectivity index (χ2v) is 6.92. The van der Waals surface area contributed by atoms with Crippen LogP contribution in [-0.4, -0.2) is 39.8 Å². The molecule has 110 valence electrons. The molecule has 0 heterocycles. The van der Waals surface area contributed by atoms with Crippen LogP contribution in [0.5, 0.6) is 0 Å². The normalized spacial score (nSPS) is 23.7. The van der Waals surface area contributed by atoms with Gasteiger partial charge in [-0.05, 0) is 43.3 Å². The summed E-state index contributed by atoms with van der Waals surface area (Å²) in [6.07, 6.45) is 2.73. The summed E-state index contributed by atoms with van der Waals surface area (Å²) in [5.74, 6) is 0. The third-order valence-corrected chi connectivity index (χ3v) is 3.49. The summed E-state index contributed by atoms with van der Waals surface area (Å²) in [6, 6.07) is 0.403. The number of nitrogens with zero attached hydrogens (tertiary/aromatic N) is 1. The lowest BCUT2D eigenvalue weighted by Gasteiger charge is -2.38. The fourth-order valence-corrected chi connectivity index (χ4v) is 2.76. The average molecular weight is 287 g/mol. The summed E-state index contributed by atoms with van der Waals surface area (Å²) in [4.78, 5) is 13.0. The number of hydrogen-bond acceptors (Lipinski definition) is 2. The fourth-order valence-electron chi connectivity index (χ4n) is 2.60. The Bertz CT molecular complexity index is 333. The molecule has 5 nitrogen and oxygen atoms in total. The van der Waals surface area contributed by atoms with Gasteiger partial charge in [0.25, 0.3) is 0 Å². The van der Waals surface area contributed by atoms with Gasteiger partial charge in [-0.15, -0.1) is 0 Å². The topological polar surface area (TPSA) is 78.6 Å². The Morgan fingerprint density at radius 1 is 1.37 bits per heavy atom. The van der Waals surface area contributed by atoms with Gasteiger partial charge < -0.3 is 21.1 Å². The van der Waals surface area contributed by atoms with Crippen molar-refractivity contribution in [3.05, 3.63) is 0 Å². The zero-order chi connectivity index (χ0) is 14.6. The van der Waals surface area contributed by atoms with E-state index in [2.05, 4.69) is 26.1 Å². The first-order chi connectivity index (χ1) is 8.69. The molecular formula is C13H25N3O2S. The highest BCUT2D eigenvalue weighted by Gasteiger charge is 2.31. The van der Waals surface area contributed by atoms with E-state index in [0.717, 1.165) is 25.7 Å². The zero-order valence-electron chi connectivity index (χ0n) is 12.0. The molecule has 0 bridgehead atoms. The number of nitrogens with one attached hydrogen (secondary N) is 1. The van der Waals surface area contributed by atoms with Crippen molar-refractivity contribution in [1.29, 1.82) is 0 Å². The molecule has 6 heteroatoms. The Balaban J connectivity index is 2.55. The molecule has 1 rings (SSSR count). The van der Waals surface area contributed by atoms with Gasteiger partial charge in [0.1, 0.15) is 0 Å². The van der Waals surface area contributed by atoms with Crippen LogP contribution in [0, 0.1) is 5.41 Å². The predicted octanol–water partition coefficient (Wildman–Crippen LogP) is 2.16. The Morgan fingerprint density at radius 2 is 1.89 bits per heavy atom. The van der Waals surface area contributed by atoms with Gasteiger partial charge in [-0.1, -0.05) is 20.8 Å². The molecule has 0 saturated heterocycles. The monoisotopic (exact) mass is 287 g/mol.